The van der Waals surface area contributed by atoms with Crippen LogP contribution in [0.1, 0.15) is 66.1 Å². The third kappa shape index (κ3) is 3.26. The van der Waals surface area contributed by atoms with Crippen molar-refractivity contribution >= 4 is 5.97 Å². The molecular weight excluding hydrogens is 348 g/mol. The molecule has 1 unspecified atom stereocenters. The van der Waals surface area contributed by atoms with Gasteiger partial charge < -0.3 is 9.84 Å². The first-order valence-electron chi connectivity index (χ1n) is 10.5. The summed E-state index contributed by atoms with van der Waals surface area (Å²) in [4.78, 5) is 12.0. The zero-order valence-corrected chi connectivity index (χ0v) is 16.9. The minimum absolute atomic E-state index is 0.0327. The quantitative estimate of drug-likeness (QED) is 0.774. The van der Waals surface area contributed by atoms with E-state index in [-0.39, 0.29) is 11.4 Å². The first kappa shape index (κ1) is 19.2. The Morgan fingerprint density at radius 3 is 2.68 bits per heavy atom. The van der Waals surface area contributed by atoms with Gasteiger partial charge in [-0.15, -0.1) is 0 Å². The van der Waals surface area contributed by atoms with Crippen molar-refractivity contribution in [2.45, 2.75) is 62.9 Å². The third-order valence-electron chi connectivity index (χ3n) is 7.29. The van der Waals surface area contributed by atoms with Gasteiger partial charge in [-0.25, -0.2) is 4.79 Å². The maximum Gasteiger partial charge on any atom is 0.337 e. The summed E-state index contributed by atoms with van der Waals surface area (Å²) >= 11 is 0. The van der Waals surface area contributed by atoms with Crippen LogP contribution in [0.3, 0.4) is 0 Å². The first-order valence-corrected chi connectivity index (χ1v) is 10.5. The van der Waals surface area contributed by atoms with Gasteiger partial charge in [0.05, 0.1) is 18.3 Å². The van der Waals surface area contributed by atoms with E-state index in [0.29, 0.717) is 11.5 Å². The van der Waals surface area contributed by atoms with E-state index in [1.165, 1.54) is 23.8 Å². The van der Waals surface area contributed by atoms with Gasteiger partial charge in [0, 0.05) is 5.41 Å². The number of aryl methyl sites for hydroxylation is 1. The minimum Gasteiger partial charge on any atom is -0.465 e. The van der Waals surface area contributed by atoms with Gasteiger partial charge in [0.25, 0.3) is 0 Å². The molecule has 0 saturated heterocycles. The Morgan fingerprint density at radius 1 is 1.18 bits per heavy atom. The lowest BCUT2D eigenvalue weighted by Gasteiger charge is -2.53. The van der Waals surface area contributed by atoms with E-state index in [9.17, 15) is 9.90 Å². The molecule has 3 atom stereocenters. The van der Waals surface area contributed by atoms with E-state index in [4.69, 9.17) is 4.74 Å². The fourth-order valence-corrected chi connectivity index (χ4v) is 5.62. The molecule has 0 heterocycles. The van der Waals surface area contributed by atoms with E-state index in [1.807, 2.05) is 12.1 Å². The number of hydrogen-bond acceptors (Lipinski definition) is 3. The predicted molar refractivity (Wildman–Crippen MR) is 111 cm³/mol. The maximum atomic E-state index is 12.0. The molecule has 1 fully saturated rings. The van der Waals surface area contributed by atoms with Crippen LogP contribution >= 0.6 is 0 Å². The monoisotopic (exact) mass is 378 g/mol. The van der Waals surface area contributed by atoms with E-state index >= 15 is 0 Å². The highest BCUT2D eigenvalue weighted by molar-refractivity contribution is 5.89. The minimum atomic E-state index is -0.533. The maximum absolute atomic E-state index is 12.0. The van der Waals surface area contributed by atoms with Crippen LogP contribution < -0.4 is 0 Å². The Kier molecular flexibility index (Phi) is 5.05. The number of ether oxygens (including phenoxy) is 1. The Balaban J connectivity index is 1.78. The van der Waals surface area contributed by atoms with Gasteiger partial charge in [0.1, 0.15) is 0 Å². The normalized spacial score (nSPS) is 28.9. The molecule has 2 aromatic rings. The predicted octanol–water partition coefficient (Wildman–Crippen LogP) is 4.84. The second kappa shape index (κ2) is 7.36. The van der Waals surface area contributed by atoms with Crippen LogP contribution in [0.4, 0.5) is 0 Å². The fraction of sp³-hybridized carbons (Fsp3) is 0.480. The average Bonchev–Trinajstić information content (AvgIpc) is 2.74. The molecule has 148 valence electrons. The molecule has 2 aliphatic carbocycles. The van der Waals surface area contributed by atoms with Crippen LogP contribution in [-0.2, 0) is 23.0 Å². The smallest absolute Gasteiger partial charge is 0.337 e. The third-order valence-corrected chi connectivity index (χ3v) is 7.29. The van der Waals surface area contributed by atoms with Crippen molar-refractivity contribution < 1.29 is 14.6 Å². The Bertz CT molecular complexity index is 859. The zero-order valence-electron chi connectivity index (χ0n) is 16.9. The van der Waals surface area contributed by atoms with Gasteiger partial charge in [-0.2, -0.15) is 0 Å². The van der Waals surface area contributed by atoms with Crippen molar-refractivity contribution in [1.82, 2.24) is 0 Å². The van der Waals surface area contributed by atoms with Crippen LogP contribution in [0.2, 0.25) is 0 Å². The number of carbonyl (C=O) groups excluding carboxylic acids is 1. The molecule has 2 aliphatic rings. The van der Waals surface area contributed by atoms with Gasteiger partial charge in [-0.3, -0.25) is 0 Å². The molecule has 1 saturated carbocycles. The van der Waals surface area contributed by atoms with Crippen molar-refractivity contribution in [1.29, 1.82) is 0 Å². The first-order chi connectivity index (χ1) is 13.5. The summed E-state index contributed by atoms with van der Waals surface area (Å²) in [5.41, 5.74) is 4.13. The Labute approximate surface area is 167 Å². The highest BCUT2D eigenvalue weighted by Crippen LogP contribution is 2.54. The number of benzene rings is 2. The second-order valence-electron chi connectivity index (χ2n) is 8.70. The summed E-state index contributed by atoms with van der Waals surface area (Å²) in [5.74, 6) is 0.189. The molecule has 0 radical (unpaired) electrons. The second-order valence-corrected chi connectivity index (χ2v) is 8.70. The van der Waals surface area contributed by atoms with Gasteiger partial charge >= 0.3 is 5.97 Å². The van der Waals surface area contributed by atoms with Gasteiger partial charge in [-0.05, 0) is 79.7 Å². The summed E-state index contributed by atoms with van der Waals surface area (Å²) < 4.78 is 4.92. The van der Waals surface area contributed by atoms with E-state index in [0.717, 1.165) is 44.9 Å². The lowest BCUT2D eigenvalue weighted by atomic mass is 9.52. The molecule has 3 heteroatoms. The van der Waals surface area contributed by atoms with Crippen molar-refractivity contribution in [3.8, 4) is 0 Å². The number of aliphatic hydroxyl groups is 1. The van der Waals surface area contributed by atoms with Gasteiger partial charge in [-0.1, -0.05) is 43.3 Å². The number of carbonyl (C=O) groups is 1. The summed E-state index contributed by atoms with van der Waals surface area (Å²) in [6, 6.07) is 16.8. The molecule has 28 heavy (non-hydrogen) atoms. The molecular formula is C25H30O3. The molecule has 3 nitrogen and oxygen atoms in total. The average molecular weight is 379 g/mol. The van der Waals surface area contributed by atoms with Crippen LogP contribution in [0.5, 0.6) is 0 Å². The largest absolute Gasteiger partial charge is 0.465 e. The van der Waals surface area contributed by atoms with Crippen LogP contribution in [0.25, 0.3) is 0 Å². The molecule has 0 bridgehead atoms. The summed E-state index contributed by atoms with van der Waals surface area (Å²) in [6.45, 7) is 2.10. The Morgan fingerprint density at radius 2 is 1.96 bits per heavy atom. The van der Waals surface area contributed by atoms with Crippen molar-refractivity contribution in [2.24, 2.45) is 5.92 Å². The zero-order chi connectivity index (χ0) is 19.8. The fourth-order valence-electron chi connectivity index (χ4n) is 5.62. The van der Waals surface area contributed by atoms with E-state index in [1.54, 1.807) is 0 Å². The number of hydrogen-bond donors (Lipinski definition) is 1. The van der Waals surface area contributed by atoms with Crippen LogP contribution in [0, 0.1) is 5.92 Å². The summed E-state index contributed by atoms with van der Waals surface area (Å²) in [5, 5.41) is 11.0. The van der Waals surface area contributed by atoms with E-state index < -0.39 is 5.60 Å². The van der Waals surface area contributed by atoms with Crippen molar-refractivity contribution in [3.63, 3.8) is 0 Å². The highest BCUT2D eigenvalue weighted by Gasteiger charge is 2.51. The topological polar surface area (TPSA) is 46.5 Å². The molecule has 0 aromatic heterocycles. The van der Waals surface area contributed by atoms with E-state index in [2.05, 4.69) is 43.3 Å². The number of rotatable bonds is 4. The molecule has 4 rings (SSSR count). The summed E-state index contributed by atoms with van der Waals surface area (Å²) in [7, 11) is 1.43. The number of fused-ring (bicyclic) bond motifs is 3. The molecule has 0 spiro atoms. The number of esters is 1. The van der Waals surface area contributed by atoms with Crippen LogP contribution in [-0.4, -0.2) is 23.8 Å². The van der Waals surface area contributed by atoms with Crippen LogP contribution in [0.15, 0.2) is 48.5 Å². The molecule has 0 amide bonds. The molecule has 0 aliphatic heterocycles. The van der Waals surface area contributed by atoms with Gasteiger partial charge in [0.15, 0.2) is 0 Å². The van der Waals surface area contributed by atoms with Crippen molar-refractivity contribution in [3.05, 3.63) is 70.8 Å². The lowest BCUT2D eigenvalue weighted by Crippen LogP contribution is -2.51. The highest BCUT2D eigenvalue weighted by atomic mass is 16.5. The van der Waals surface area contributed by atoms with Gasteiger partial charge in [0.2, 0.25) is 0 Å². The molecule has 1 N–H and O–H groups in total. The summed E-state index contributed by atoms with van der Waals surface area (Å²) in [6.07, 6.45) is 6.52. The molecule has 2 aromatic carbocycles. The SMILES string of the molecule is CC[C@@]1(O)CC[C@@]2(Cc3ccccc3)c3ccc(C(=O)OC)cc3CCC2C1. The lowest BCUT2D eigenvalue weighted by molar-refractivity contribution is -0.0529. The number of methoxy groups -OCH3 is 1. The van der Waals surface area contributed by atoms with Crippen molar-refractivity contribution in [2.75, 3.05) is 7.11 Å². The Hall–Kier alpha value is -2.13. The standard InChI is InChI=1S/C25H30O3/c1-3-24(27)13-14-25(16-18-7-5-4-6-8-18)21(17-24)11-9-19-15-20(23(26)28-2)10-12-22(19)25/h4-8,10,12,15,21,27H,3,9,11,13-14,16-17H2,1-2H3/t21?,24-,25+/m1/s1.